The van der Waals surface area contributed by atoms with Gasteiger partial charge >= 0.3 is 0 Å². The average molecular weight is 264 g/mol. The van der Waals surface area contributed by atoms with E-state index in [1.54, 1.807) is 11.3 Å². The molecule has 0 spiro atoms. The van der Waals surface area contributed by atoms with Crippen LogP contribution in [-0.4, -0.2) is 30.8 Å². The van der Waals surface area contributed by atoms with Crippen molar-refractivity contribution in [2.75, 3.05) is 19.7 Å². The summed E-state index contributed by atoms with van der Waals surface area (Å²) in [5, 5.41) is 6.48. The number of aryl methyl sites for hydroxylation is 1. The van der Waals surface area contributed by atoms with Crippen molar-refractivity contribution < 1.29 is 9.15 Å². The SMILES string of the molecule is Cc1ccc(-c2csc(CC3CNCCO3)n2)o1. The van der Waals surface area contributed by atoms with Crippen molar-refractivity contribution >= 4 is 11.3 Å². The predicted molar refractivity (Wildman–Crippen MR) is 70.9 cm³/mol. The summed E-state index contributed by atoms with van der Waals surface area (Å²) in [5.74, 6) is 1.76. The molecule has 0 aromatic carbocycles. The molecule has 3 heterocycles. The van der Waals surface area contributed by atoms with E-state index < -0.39 is 0 Å². The molecule has 1 atom stereocenters. The van der Waals surface area contributed by atoms with Gasteiger partial charge in [-0.3, -0.25) is 0 Å². The van der Waals surface area contributed by atoms with Gasteiger partial charge in [-0.2, -0.15) is 0 Å². The van der Waals surface area contributed by atoms with Crippen molar-refractivity contribution in [3.8, 4) is 11.5 Å². The molecule has 1 saturated heterocycles. The lowest BCUT2D eigenvalue weighted by molar-refractivity contribution is 0.0292. The van der Waals surface area contributed by atoms with Crippen LogP contribution in [0.2, 0.25) is 0 Å². The topological polar surface area (TPSA) is 47.3 Å². The maximum atomic E-state index is 5.68. The first-order valence-electron chi connectivity index (χ1n) is 6.15. The van der Waals surface area contributed by atoms with Crippen LogP contribution in [0.3, 0.4) is 0 Å². The van der Waals surface area contributed by atoms with Gasteiger partial charge in [-0.25, -0.2) is 4.98 Å². The number of nitrogens with one attached hydrogen (secondary N) is 1. The van der Waals surface area contributed by atoms with E-state index in [4.69, 9.17) is 9.15 Å². The first kappa shape index (κ1) is 11.9. The fourth-order valence-electron chi connectivity index (χ4n) is 2.04. The molecule has 2 aromatic rings. The molecule has 0 radical (unpaired) electrons. The summed E-state index contributed by atoms with van der Waals surface area (Å²) in [6.07, 6.45) is 1.12. The van der Waals surface area contributed by atoms with Gasteiger partial charge in [0.2, 0.25) is 0 Å². The summed E-state index contributed by atoms with van der Waals surface area (Å²) in [4.78, 5) is 4.60. The second-order valence-electron chi connectivity index (χ2n) is 4.44. The summed E-state index contributed by atoms with van der Waals surface area (Å²) in [6, 6.07) is 3.93. The number of hydrogen-bond donors (Lipinski definition) is 1. The first-order valence-corrected chi connectivity index (χ1v) is 7.03. The second kappa shape index (κ2) is 5.22. The molecule has 2 aromatic heterocycles. The third-order valence-corrected chi connectivity index (χ3v) is 3.82. The van der Waals surface area contributed by atoms with Crippen LogP contribution in [0, 0.1) is 6.92 Å². The van der Waals surface area contributed by atoms with Gasteiger partial charge in [0.1, 0.15) is 11.5 Å². The number of aromatic nitrogens is 1. The summed E-state index contributed by atoms with van der Waals surface area (Å²) >= 11 is 1.67. The second-order valence-corrected chi connectivity index (χ2v) is 5.38. The quantitative estimate of drug-likeness (QED) is 0.923. The fourth-order valence-corrected chi connectivity index (χ4v) is 2.89. The average Bonchev–Trinajstić information content (AvgIpc) is 2.99. The molecule has 4 nitrogen and oxygen atoms in total. The molecule has 1 fully saturated rings. The predicted octanol–water partition coefficient (Wildman–Crippen LogP) is 2.24. The molecule has 3 rings (SSSR count). The Labute approximate surface area is 110 Å². The zero-order valence-corrected chi connectivity index (χ0v) is 11.1. The third-order valence-electron chi connectivity index (χ3n) is 2.95. The van der Waals surface area contributed by atoms with Gasteiger partial charge < -0.3 is 14.5 Å². The Morgan fingerprint density at radius 2 is 2.44 bits per heavy atom. The Morgan fingerprint density at radius 3 is 3.17 bits per heavy atom. The van der Waals surface area contributed by atoms with Crippen molar-refractivity contribution in [2.24, 2.45) is 0 Å². The minimum absolute atomic E-state index is 0.246. The Hall–Kier alpha value is -1.17. The fraction of sp³-hybridized carbons (Fsp3) is 0.462. The van der Waals surface area contributed by atoms with Crippen LogP contribution in [0.4, 0.5) is 0 Å². The van der Waals surface area contributed by atoms with Gasteiger partial charge in [-0.15, -0.1) is 11.3 Å². The molecule has 0 bridgehead atoms. The maximum absolute atomic E-state index is 5.68. The molecule has 0 aliphatic carbocycles. The van der Waals surface area contributed by atoms with Gasteiger partial charge in [-0.05, 0) is 19.1 Å². The van der Waals surface area contributed by atoms with Crippen molar-refractivity contribution in [2.45, 2.75) is 19.4 Å². The lowest BCUT2D eigenvalue weighted by Gasteiger charge is -2.22. The summed E-state index contributed by atoms with van der Waals surface area (Å²) in [7, 11) is 0. The minimum Gasteiger partial charge on any atom is -0.460 e. The zero-order chi connectivity index (χ0) is 12.4. The number of hydrogen-bond acceptors (Lipinski definition) is 5. The molecule has 1 N–H and O–H groups in total. The van der Waals surface area contributed by atoms with Gasteiger partial charge in [0.15, 0.2) is 5.76 Å². The van der Waals surface area contributed by atoms with Crippen molar-refractivity contribution in [1.29, 1.82) is 0 Å². The van der Waals surface area contributed by atoms with Gasteiger partial charge in [0, 0.05) is 24.9 Å². The monoisotopic (exact) mass is 264 g/mol. The van der Waals surface area contributed by atoms with E-state index in [1.807, 2.05) is 24.4 Å². The highest BCUT2D eigenvalue weighted by atomic mass is 32.1. The van der Waals surface area contributed by atoms with Crippen LogP contribution < -0.4 is 5.32 Å². The molecule has 1 unspecified atom stereocenters. The molecule has 5 heteroatoms. The van der Waals surface area contributed by atoms with Crippen LogP contribution in [0.25, 0.3) is 11.5 Å². The summed E-state index contributed by atoms with van der Waals surface area (Å²) in [6.45, 7) is 4.60. The van der Waals surface area contributed by atoms with Crippen LogP contribution in [0.1, 0.15) is 10.8 Å². The summed E-state index contributed by atoms with van der Waals surface area (Å²) in [5.41, 5.74) is 0.923. The maximum Gasteiger partial charge on any atom is 0.153 e. The molecule has 96 valence electrons. The van der Waals surface area contributed by atoms with Crippen molar-refractivity contribution in [3.63, 3.8) is 0 Å². The minimum atomic E-state index is 0.246. The van der Waals surface area contributed by atoms with Crippen molar-refractivity contribution in [1.82, 2.24) is 10.3 Å². The van der Waals surface area contributed by atoms with E-state index in [0.29, 0.717) is 0 Å². The Bertz CT molecular complexity index is 515. The highest BCUT2D eigenvalue weighted by molar-refractivity contribution is 7.09. The molecular formula is C13H16N2O2S. The van der Waals surface area contributed by atoms with Crippen LogP contribution >= 0.6 is 11.3 Å². The number of rotatable bonds is 3. The van der Waals surface area contributed by atoms with Gasteiger partial charge in [0.05, 0.1) is 17.7 Å². The molecule has 1 aliphatic rings. The lowest BCUT2D eigenvalue weighted by atomic mass is 10.2. The Morgan fingerprint density at radius 1 is 1.50 bits per heavy atom. The standard InChI is InChI=1S/C13H16N2O2S/c1-9-2-3-12(17-9)11-8-18-13(15-11)6-10-7-14-4-5-16-10/h2-3,8,10,14H,4-7H2,1H3. The number of furan rings is 1. The first-order chi connectivity index (χ1) is 8.81. The molecular weight excluding hydrogens is 248 g/mol. The molecule has 1 aliphatic heterocycles. The highest BCUT2D eigenvalue weighted by Gasteiger charge is 2.16. The molecule has 0 amide bonds. The van der Waals surface area contributed by atoms with E-state index in [-0.39, 0.29) is 6.10 Å². The van der Waals surface area contributed by atoms with Crippen molar-refractivity contribution in [3.05, 3.63) is 28.3 Å². The Kier molecular flexibility index (Phi) is 3.45. The normalized spacial score (nSPS) is 20.2. The van der Waals surface area contributed by atoms with Gasteiger partial charge in [0.25, 0.3) is 0 Å². The van der Waals surface area contributed by atoms with E-state index >= 15 is 0 Å². The number of morpholine rings is 1. The van der Waals surface area contributed by atoms with Crippen LogP contribution in [0.15, 0.2) is 21.9 Å². The smallest absolute Gasteiger partial charge is 0.153 e. The molecule has 0 saturated carbocycles. The van der Waals surface area contributed by atoms with Gasteiger partial charge in [-0.1, -0.05) is 0 Å². The van der Waals surface area contributed by atoms with E-state index in [2.05, 4.69) is 10.3 Å². The lowest BCUT2D eigenvalue weighted by Crippen LogP contribution is -2.39. The zero-order valence-electron chi connectivity index (χ0n) is 10.3. The largest absolute Gasteiger partial charge is 0.460 e. The van der Waals surface area contributed by atoms with E-state index in [1.165, 1.54) is 0 Å². The number of nitrogens with zero attached hydrogens (tertiary/aromatic N) is 1. The third kappa shape index (κ3) is 2.63. The summed E-state index contributed by atoms with van der Waals surface area (Å²) < 4.78 is 11.3. The highest BCUT2D eigenvalue weighted by Crippen LogP contribution is 2.24. The number of thiazole rings is 1. The Balaban J connectivity index is 1.69. The number of ether oxygens (including phenoxy) is 1. The molecule has 18 heavy (non-hydrogen) atoms. The van der Waals surface area contributed by atoms with E-state index in [0.717, 1.165) is 48.3 Å². The van der Waals surface area contributed by atoms with Crippen LogP contribution in [-0.2, 0) is 11.2 Å². The van der Waals surface area contributed by atoms with E-state index in [9.17, 15) is 0 Å². The van der Waals surface area contributed by atoms with Crippen LogP contribution in [0.5, 0.6) is 0 Å².